The molecule has 1 aliphatic carbocycles. The highest BCUT2D eigenvalue weighted by Crippen LogP contribution is 2.31. The largest absolute Gasteiger partial charge is 0.369 e. The van der Waals surface area contributed by atoms with E-state index in [1.807, 2.05) is 12.1 Å². The summed E-state index contributed by atoms with van der Waals surface area (Å²) in [5.74, 6) is 0.213. The van der Waals surface area contributed by atoms with Crippen molar-refractivity contribution in [1.29, 1.82) is 0 Å². The first-order valence-electron chi connectivity index (χ1n) is 11.4. The summed E-state index contributed by atoms with van der Waals surface area (Å²) < 4.78 is 1.72. The van der Waals surface area contributed by atoms with E-state index >= 15 is 0 Å². The molecule has 1 aromatic carbocycles. The van der Waals surface area contributed by atoms with E-state index in [9.17, 15) is 9.59 Å². The number of nitrogens with one attached hydrogen (secondary N) is 2. The van der Waals surface area contributed by atoms with Crippen LogP contribution in [0, 0.1) is 0 Å². The van der Waals surface area contributed by atoms with Crippen molar-refractivity contribution in [1.82, 2.24) is 19.9 Å². The number of fused-ring (bicyclic) bond motifs is 1. The number of Topliss-reactive ketones (excluding diaryl/α,β-unsaturated/α-hetero) is 1. The van der Waals surface area contributed by atoms with E-state index in [-0.39, 0.29) is 22.9 Å². The van der Waals surface area contributed by atoms with Crippen LogP contribution in [0.25, 0.3) is 11.0 Å². The van der Waals surface area contributed by atoms with Crippen molar-refractivity contribution >= 4 is 34.1 Å². The molecule has 5 rings (SSSR count). The van der Waals surface area contributed by atoms with Crippen LogP contribution in [0.2, 0.25) is 0 Å². The van der Waals surface area contributed by atoms with Crippen LogP contribution < -0.4 is 21.1 Å². The van der Waals surface area contributed by atoms with Crippen LogP contribution in [0.4, 0.5) is 17.3 Å². The zero-order valence-electron chi connectivity index (χ0n) is 18.3. The Labute approximate surface area is 186 Å². The number of nitrogens with zero attached hydrogens (tertiary/aromatic N) is 4. The van der Waals surface area contributed by atoms with Gasteiger partial charge in [-0.3, -0.25) is 14.2 Å². The van der Waals surface area contributed by atoms with Gasteiger partial charge in [0, 0.05) is 55.2 Å². The zero-order valence-corrected chi connectivity index (χ0v) is 18.3. The van der Waals surface area contributed by atoms with Crippen LogP contribution in [0.5, 0.6) is 0 Å². The molecular formula is C24H28N6O2. The summed E-state index contributed by atoms with van der Waals surface area (Å²) in [4.78, 5) is 36.7. The van der Waals surface area contributed by atoms with Crippen LogP contribution >= 0.6 is 0 Å². The van der Waals surface area contributed by atoms with E-state index in [2.05, 4.69) is 32.7 Å². The molecule has 1 aliphatic heterocycles. The van der Waals surface area contributed by atoms with Gasteiger partial charge in [-0.05, 0) is 50.1 Å². The standard InChI is InChI=1S/C24H28N6O2/c1-16(31)21-14-17-15-26-24(28-22(17)30(23(21)32)20-4-2-3-5-20)27-18-6-8-19(9-7-18)29-12-10-25-11-13-29/h6-9,14-15,20,25H,2-5,10-13H2,1H3,(H,26,27,28). The van der Waals surface area contributed by atoms with Crippen molar-refractivity contribution in [2.75, 3.05) is 36.4 Å². The average Bonchev–Trinajstić information content (AvgIpc) is 3.34. The summed E-state index contributed by atoms with van der Waals surface area (Å²) in [5.41, 5.74) is 2.63. The predicted octanol–water partition coefficient (Wildman–Crippen LogP) is 3.26. The third kappa shape index (κ3) is 3.98. The minimum atomic E-state index is -0.248. The fourth-order valence-corrected chi connectivity index (χ4v) is 4.74. The highest BCUT2D eigenvalue weighted by molar-refractivity contribution is 5.96. The van der Waals surface area contributed by atoms with E-state index in [0.717, 1.165) is 57.5 Å². The highest BCUT2D eigenvalue weighted by Gasteiger charge is 2.23. The summed E-state index contributed by atoms with van der Waals surface area (Å²) in [5, 5.41) is 7.34. The predicted molar refractivity (Wildman–Crippen MR) is 126 cm³/mol. The Hall–Kier alpha value is -3.26. The molecule has 3 aromatic rings. The molecule has 0 spiro atoms. The lowest BCUT2D eigenvalue weighted by atomic mass is 10.1. The molecule has 166 valence electrons. The first-order chi connectivity index (χ1) is 15.6. The van der Waals surface area contributed by atoms with Gasteiger partial charge in [-0.15, -0.1) is 0 Å². The number of ketones is 1. The Morgan fingerprint density at radius 2 is 1.84 bits per heavy atom. The van der Waals surface area contributed by atoms with Crippen molar-refractivity contribution in [2.45, 2.75) is 38.6 Å². The third-order valence-corrected chi connectivity index (χ3v) is 6.45. The van der Waals surface area contributed by atoms with Crippen molar-refractivity contribution in [3.05, 3.63) is 52.4 Å². The summed E-state index contributed by atoms with van der Waals surface area (Å²) in [6, 6.07) is 9.94. The summed E-state index contributed by atoms with van der Waals surface area (Å²) >= 11 is 0. The number of benzene rings is 1. The molecular weight excluding hydrogens is 404 g/mol. The molecule has 8 nitrogen and oxygen atoms in total. The van der Waals surface area contributed by atoms with Gasteiger partial charge in [0.15, 0.2) is 5.78 Å². The fourth-order valence-electron chi connectivity index (χ4n) is 4.74. The molecule has 0 bridgehead atoms. The van der Waals surface area contributed by atoms with Crippen molar-refractivity contribution < 1.29 is 4.79 Å². The number of aromatic nitrogens is 3. The maximum atomic E-state index is 13.1. The van der Waals surface area contributed by atoms with E-state index in [0.29, 0.717) is 17.0 Å². The second-order valence-electron chi connectivity index (χ2n) is 8.61. The van der Waals surface area contributed by atoms with Crippen molar-refractivity contribution in [3.8, 4) is 0 Å². The van der Waals surface area contributed by atoms with Crippen LogP contribution in [-0.2, 0) is 0 Å². The number of piperazine rings is 1. The smallest absolute Gasteiger partial charge is 0.263 e. The molecule has 3 heterocycles. The summed E-state index contributed by atoms with van der Waals surface area (Å²) in [6.45, 7) is 5.43. The van der Waals surface area contributed by atoms with Gasteiger partial charge in [0.25, 0.3) is 5.56 Å². The van der Waals surface area contributed by atoms with Gasteiger partial charge in [-0.2, -0.15) is 4.98 Å². The van der Waals surface area contributed by atoms with Crippen LogP contribution in [0.3, 0.4) is 0 Å². The molecule has 0 radical (unpaired) electrons. The molecule has 0 amide bonds. The highest BCUT2D eigenvalue weighted by atomic mass is 16.1. The van der Waals surface area contributed by atoms with Gasteiger partial charge in [0.05, 0.1) is 5.56 Å². The molecule has 0 atom stereocenters. The lowest BCUT2D eigenvalue weighted by molar-refractivity contribution is 0.101. The first kappa shape index (κ1) is 20.6. The molecule has 0 unspecified atom stereocenters. The monoisotopic (exact) mass is 432 g/mol. The molecule has 2 aliphatic rings. The number of anilines is 3. The van der Waals surface area contributed by atoms with Gasteiger partial charge in [-0.25, -0.2) is 4.98 Å². The number of hydrogen-bond donors (Lipinski definition) is 2. The van der Waals surface area contributed by atoms with E-state index < -0.39 is 0 Å². The normalized spacial score (nSPS) is 17.1. The second-order valence-corrected chi connectivity index (χ2v) is 8.61. The van der Waals surface area contributed by atoms with Gasteiger partial charge >= 0.3 is 0 Å². The average molecular weight is 433 g/mol. The van der Waals surface area contributed by atoms with Gasteiger partial charge in [-0.1, -0.05) is 12.8 Å². The van der Waals surface area contributed by atoms with Crippen molar-refractivity contribution in [3.63, 3.8) is 0 Å². The Balaban J connectivity index is 1.47. The number of hydrogen-bond acceptors (Lipinski definition) is 7. The minimum Gasteiger partial charge on any atom is -0.369 e. The minimum absolute atomic E-state index is 0.0744. The SMILES string of the molecule is CC(=O)c1cc2cnc(Nc3ccc(N4CCNCC4)cc3)nc2n(C2CCCC2)c1=O. The Bertz CT molecular complexity index is 1190. The number of carbonyl (C=O) groups excluding carboxylic acids is 1. The number of rotatable bonds is 5. The first-order valence-corrected chi connectivity index (χ1v) is 11.4. The Morgan fingerprint density at radius 1 is 1.12 bits per heavy atom. The zero-order chi connectivity index (χ0) is 22.1. The molecule has 8 heteroatoms. The maximum Gasteiger partial charge on any atom is 0.263 e. The summed E-state index contributed by atoms with van der Waals surface area (Å²) in [6.07, 6.45) is 5.71. The molecule has 1 saturated carbocycles. The van der Waals surface area contributed by atoms with Gasteiger partial charge < -0.3 is 15.5 Å². The lowest BCUT2D eigenvalue weighted by Gasteiger charge is -2.29. The third-order valence-electron chi connectivity index (χ3n) is 6.45. The van der Waals surface area contributed by atoms with Crippen molar-refractivity contribution in [2.24, 2.45) is 0 Å². The van der Waals surface area contributed by atoms with Crippen LogP contribution in [-0.4, -0.2) is 46.5 Å². The molecule has 2 fully saturated rings. The second kappa shape index (κ2) is 8.70. The lowest BCUT2D eigenvalue weighted by Crippen LogP contribution is -2.43. The van der Waals surface area contributed by atoms with Gasteiger partial charge in [0.2, 0.25) is 5.95 Å². The van der Waals surface area contributed by atoms with E-state index in [1.54, 1.807) is 16.8 Å². The maximum absolute atomic E-state index is 13.1. The van der Waals surface area contributed by atoms with Crippen LogP contribution in [0.15, 0.2) is 41.3 Å². The van der Waals surface area contributed by atoms with E-state index in [1.165, 1.54) is 12.6 Å². The molecule has 32 heavy (non-hydrogen) atoms. The molecule has 2 aromatic heterocycles. The van der Waals surface area contributed by atoms with E-state index in [4.69, 9.17) is 4.98 Å². The van der Waals surface area contributed by atoms with Gasteiger partial charge in [0.1, 0.15) is 5.65 Å². The molecule has 2 N–H and O–H groups in total. The Morgan fingerprint density at radius 3 is 2.53 bits per heavy atom. The number of pyridine rings is 1. The Kier molecular flexibility index (Phi) is 5.61. The quantitative estimate of drug-likeness (QED) is 0.598. The number of carbonyl (C=O) groups is 1. The fraction of sp³-hybridized carbons (Fsp3) is 0.417. The summed E-state index contributed by atoms with van der Waals surface area (Å²) in [7, 11) is 0. The van der Waals surface area contributed by atoms with Crippen LogP contribution in [0.1, 0.15) is 49.0 Å². The topological polar surface area (TPSA) is 92.2 Å². The molecule has 1 saturated heterocycles.